The molecule has 0 amide bonds. The second-order valence-corrected chi connectivity index (χ2v) is 10.5. The highest BCUT2D eigenvalue weighted by atomic mass is 16.5. The zero-order valence-corrected chi connectivity index (χ0v) is 19.7. The smallest absolute Gasteiger partial charge is 0.125 e. The summed E-state index contributed by atoms with van der Waals surface area (Å²) in [4.78, 5) is 2.63. The zero-order chi connectivity index (χ0) is 21.1. The summed E-state index contributed by atoms with van der Waals surface area (Å²) in [5.41, 5.74) is 3.21. The fraction of sp³-hybridized carbons (Fsp3) is 0.643. The van der Waals surface area contributed by atoms with Gasteiger partial charge < -0.3 is 4.74 Å². The summed E-state index contributed by atoms with van der Waals surface area (Å²) in [6.07, 6.45) is 10.7. The van der Waals surface area contributed by atoms with Crippen LogP contribution in [0.4, 0.5) is 0 Å². The fourth-order valence-electron chi connectivity index (χ4n) is 5.62. The summed E-state index contributed by atoms with van der Waals surface area (Å²) in [6, 6.07) is 11.2. The molecule has 0 spiro atoms. The Bertz CT molecular complexity index is 841. The van der Waals surface area contributed by atoms with Crippen molar-refractivity contribution in [2.24, 2.45) is 11.3 Å². The summed E-state index contributed by atoms with van der Waals surface area (Å²) < 4.78 is 6.78. The lowest BCUT2D eigenvalue weighted by molar-refractivity contribution is 0.0767. The maximum Gasteiger partial charge on any atom is 0.125 e. The molecule has 2 aromatic rings. The van der Waals surface area contributed by atoms with Crippen LogP contribution >= 0.6 is 0 Å². The maximum absolute atomic E-state index is 6.78. The van der Waals surface area contributed by atoms with Gasteiger partial charge in [0.05, 0.1) is 6.10 Å². The first-order valence-corrected chi connectivity index (χ1v) is 12.4. The Balaban J connectivity index is 1.56. The van der Waals surface area contributed by atoms with Gasteiger partial charge in [0.25, 0.3) is 0 Å². The van der Waals surface area contributed by atoms with Crippen molar-refractivity contribution < 1.29 is 4.74 Å². The number of fused-ring (bicyclic) bond motifs is 1. The summed E-state index contributed by atoms with van der Waals surface area (Å²) >= 11 is 0. The topological polar surface area (TPSA) is 12.5 Å². The van der Waals surface area contributed by atoms with E-state index in [4.69, 9.17) is 4.74 Å². The first-order valence-electron chi connectivity index (χ1n) is 12.4. The summed E-state index contributed by atoms with van der Waals surface area (Å²) in [7, 11) is 0. The number of piperidine rings is 1. The number of ether oxygens (including phenoxy) is 1. The van der Waals surface area contributed by atoms with E-state index in [1.165, 1.54) is 86.4 Å². The van der Waals surface area contributed by atoms with Crippen molar-refractivity contribution in [1.29, 1.82) is 0 Å². The number of rotatable bonds is 6. The minimum absolute atomic E-state index is 0.370. The van der Waals surface area contributed by atoms with Crippen molar-refractivity contribution in [3.8, 4) is 5.75 Å². The van der Waals surface area contributed by atoms with Crippen LogP contribution in [0.3, 0.4) is 0 Å². The molecule has 1 saturated carbocycles. The highest BCUT2D eigenvalue weighted by molar-refractivity contribution is 5.90. The number of hydrogen-bond donors (Lipinski definition) is 0. The average Bonchev–Trinajstić information content (AvgIpc) is 2.77. The quantitative estimate of drug-likeness (QED) is 0.491. The number of nitrogens with zero attached hydrogens (tertiary/aromatic N) is 1. The van der Waals surface area contributed by atoms with Crippen LogP contribution in [-0.2, 0) is 6.54 Å². The molecule has 0 bridgehead atoms. The van der Waals surface area contributed by atoms with E-state index in [0.29, 0.717) is 11.5 Å². The van der Waals surface area contributed by atoms with Crippen LogP contribution in [0, 0.1) is 18.3 Å². The van der Waals surface area contributed by atoms with Crippen LogP contribution in [0.1, 0.15) is 83.3 Å². The molecular weight excluding hydrogens is 366 g/mol. The van der Waals surface area contributed by atoms with E-state index in [1.807, 2.05) is 0 Å². The van der Waals surface area contributed by atoms with E-state index >= 15 is 0 Å². The second-order valence-electron chi connectivity index (χ2n) is 10.5. The molecule has 1 aliphatic heterocycles. The molecule has 2 fully saturated rings. The van der Waals surface area contributed by atoms with Crippen LogP contribution in [0.25, 0.3) is 10.8 Å². The molecule has 0 unspecified atom stereocenters. The molecule has 30 heavy (non-hydrogen) atoms. The molecule has 0 aromatic heterocycles. The van der Waals surface area contributed by atoms with Gasteiger partial charge in [-0.15, -0.1) is 0 Å². The van der Waals surface area contributed by atoms with Crippen LogP contribution in [-0.4, -0.2) is 24.1 Å². The lowest BCUT2D eigenvalue weighted by Crippen LogP contribution is -2.32. The van der Waals surface area contributed by atoms with Crippen molar-refractivity contribution >= 4 is 10.8 Å². The van der Waals surface area contributed by atoms with Gasteiger partial charge in [0.2, 0.25) is 0 Å². The number of aryl methyl sites for hydroxylation is 1. The Kier molecular flexibility index (Phi) is 6.72. The molecule has 1 saturated heterocycles. The normalized spacial score (nSPS) is 23.6. The van der Waals surface area contributed by atoms with Gasteiger partial charge in [-0.3, -0.25) is 4.90 Å². The van der Waals surface area contributed by atoms with Crippen LogP contribution in [0.5, 0.6) is 5.75 Å². The van der Waals surface area contributed by atoms with Crippen molar-refractivity contribution in [2.45, 2.75) is 91.7 Å². The number of hydrogen-bond acceptors (Lipinski definition) is 2. The summed E-state index contributed by atoms with van der Waals surface area (Å²) in [5.74, 6) is 1.99. The third-order valence-corrected chi connectivity index (χ3v) is 8.14. The summed E-state index contributed by atoms with van der Waals surface area (Å²) in [6.45, 7) is 12.9. The van der Waals surface area contributed by atoms with Crippen LogP contribution in [0.2, 0.25) is 0 Å². The van der Waals surface area contributed by atoms with Gasteiger partial charge in [0, 0.05) is 12.1 Å². The Hall–Kier alpha value is -1.54. The molecule has 2 aliphatic rings. The number of benzene rings is 2. The van der Waals surface area contributed by atoms with Gasteiger partial charge in [0.15, 0.2) is 0 Å². The monoisotopic (exact) mass is 407 g/mol. The van der Waals surface area contributed by atoms with Crippen molar-refractivity contribution in [3.05, 3.63) is 41.5 Å². The predicted octanol–water partition coefficient (Wildman–Crippen LogP) is 7.51. The fourth-order valence-corrected chi connectivity index (χ4v) is 5.62. The molecule has 2 aromatic carbocycles. The number of likely N-dealkylation sites (tertiary alicyclic amines) is 1. The van der Waals surface area contributed by atoms with Crippen LogP contribution in [0.15, 0.2) is 30.3 Å². The molecule has 4 rings (SSSR count). The minimum Gasteiger partial charge on any atom is -0.490 e. The Morgan fingerprint density at radius 3 is 2.30 bits per heavy atom. The van der Waals surface area contributed by atoms with Crippen molar-refractivity contribution in [1.82, 2.24) is 4.90 Å². The molecule has 2 nitrogen and oxygen atoms in total. The van der Waals surface area contributed by atoms with E-state index < -0.39 is 0 Å². The SMILES string of the molecule is CCC(C)(C)C1CCC(Oc2cc(C)c3ccccc3c2CN2CCCCC2)CC1. The van der Waals surface area contributed by atoms with Gasteiger partial charge >= 0.3 is 0 Å². The Morgan fingerprint density at radius 2 is 1.63 bits per heavy atom. The molecule has 0 radical (unpaired) electrons. The van der Waals surface area contributed by atoms with E-state index in [-0.39, 0.29) is 0 Å². The maximum atomic E-state index is 6.78. The minimum atomic E-state index is 0.370. The molecule has 1 aliphatic carbocycles. The van der Waals surface area contributed by atoms with Crippen LogP contribution < -0.4 is 4.74 Å². The van der Waals surface area contributed by atoms with Gasteiger partial charge in [-0.25, -0.2) is 0 Å². The lowest BCUT2D eigenvalue weighted by atomic mass is 9.69. The van der Waals surface area contributed by atoms with Crippen molar-refractivity contribution in [3.63, 3.8) is 0 Å². The second kappa shape index (κ2) is 9.30. The lowest BCUT2D eigenvalue weighted by Gasteiger charge is -2.39. The Morgan fingerprint density at radius 1 is 0.967 bits per heavy atom. The predicted molar refractivity (Wildman–Crippen MR) is 128 cm³/mol. The van der Waals surface area contributed by atoms with Gasteiger partial charge in [0.1, 0.15) is 5.75 Å². The van der Waals surface area contributed by atoms with Gasteiger partial charge in [-0.2, -0.15) is 0 Å². The summed E-state index contributed by atoms with van der Waals surface area (Å²) in [5, 5.41) is 2.77. The molecule has 1 heterocycles. The highest BCUT2D eigenvalue weighted by Crippen LogP contribution is 2.42. The molecule has 164 valence electrons. The Labute approximate surface area is 184 Å². The van der Waals surface area contributed by atoms with E-state index in [1.54, 1.807) is 0 Å². The standard InChI is InChI=1S/C28H41NO/c1-5-28(3,4)22-13-15-23(16-14-22)30-27-19-21(2)24-11-7-8-12-25(24)26(27)20-29-17-9-6-10-18-29/h7-8,11-12,19,22-23H,5-6,9-10,13-18,20H2,1-4H3. The average molecular weight is 408 g/mol. The van der Waals surface area contributed by atoms with Crippen molar-refractivity contribution in [2.75, 3.05) is 13.1 Å². The molecule has 2 heteroatoms. The third kappa shape index (κ3) is 4.69. The van der Waals surface area contributed by atoms with E-state index in [9.17, 15) is 0 Å². The molecule has 0 N–H and O–H groups in total. The molecule has 0 atom stereocenters. The molecular formula is C28H41NO. The van der Waals surface area contributed by atoms with Gasteiger partial charge in [-0.1, -0.05) is 57.9 Å². The zero-order valence-electron chi connectivity index (χ0n) is 19.7. The van der Waals surface area contributed by atoms with Gasteiger partial charge in [-0.05, 0) is 92.3 Å². The largest absolute Gasteiger partial charge is 0.490 e. The first-order chi connectivity index (χ1) is 14.5. The highest BCUT2D eigenvalue weighted by Gasteiger charge is 2.32. The van der Waals surface area contributed by atoms with E-state index in [2.05, 4.69) is 62.9 Å². The third-order valence-electron chi connectivity index (χ3n) is 8.14. The first kappa shape index (κ1) is 21.7. The van der Waals surface area contributed by atoms with E-state index in [0.717, 1.165) is 18.2 Å².